The van der Waals surface area contributed by atoms with Gasteiger partial charge in [-0.05, 0) is 39.2 Å². The number of nitrogens with one attached hydrogen (secondary N) is 1. The minimum absolute atomic E-state index is 0.0602. The summed E-state index contributed by atoms with van der Waals surface area (Å²) in [4.78, 5) is 17.1. The van der Waals surface area contributed by atoms with E-state index in [0.29, 0.717) is 28.2 Å². The maximum atomic E-state index is 13.6. The average molecular weight is 402 g/mol. The molecule has 0 aromatic carbocycles. The zero-order valence-corrected chi connectivity index (χ0v) is 16.7. The van der Waals surface area contributed by atoms with Crippen LogP contribution in [-0.4, -0.2) is 30.5 Å². The second kappa shape index (κ2) is 7.53. The van der Waals surface area contributed by atoms with Crippen LogP contribution in [0.2, 0.25) is 0 Å². The van der Waals surface area contributed by atoms with Crippen LogP contribution in [0.4, 0.5) is 14.6 Å². The third kappa shape index (κ3) is 3.86. The number of hydrogen-bond acceptors (Lipinski definition) is 4. The standard InChI is InChI=1S/C20H24F2N6O/c1-4-7-27-11(2)8-16(26-27)24-17(29)10-28-20-18(12(3)25-28)14(19(21)22)9-15(23-20)13-5-6-13/h8-9,13,19H,4-7,10H2,1-3H3,(H,24,26,29). The van der Waals surface area contributed by atoms with Gasteiger partial charge in [-0.2, -0.15) is 10.2 Å². The van der Waals surface area contributed by atoms with Gasteiger partial charge in [0.15, 0.2) is 11.5 Å². The van der Waals surface area contributed by atoms with Crippen molar-refractivity contribution in [1.29, 1.82) is 0 Å². The Hall–Kier alpha value is -2.84. The van der Waals surface area contributed by atoms with Gasteiger partial charge in [-0.3, -0.25) is 9.48 Å². The van der Waals surface area contributed by atoms with E-state index in [-0.39, 0.29) is 23.9 Å². The van der Waals surface area contributed by atoms with Crippen molar-refractivity contribution >= 4 is 22.8 Å². The lowest BCUT2D eigenvalue weighted by Gasteiger charge is -2.08. The van der Waals surface area contributed by atoms with Gasteiger partial charge >= 0.3 is 0 Å². The molecule has 0 unspecified atom stereocenters. The lowest BCUT2D eigenvalue weighted by atomic mass is 10.1. The van der Waals surface area contributed by atoms with Crippen LogP contribution < -0.4 is 5.32 Å². The van der Waals surface area contributed by atoms with Gasteiger partial charge in [0.1, 0.15) is 6.54 Å². The molecule has 9 heteroatoms. The summed E-state index contributed by atoms with van der Waals surface area (Å²) in [6.45, 7) is 6.30. The molecular formula is C20H24F2N6O. The molecule has 7 nitrogen and oxygen atoms in total. The molecule has 0 saturated heterocycles. The van der Waals surface area contributed by atoms with Crippen molar-refractivity contribution in [3.8, 4) is 0 Å². The number of aromatic nitrogens is 5. The fraction of sp³-hybridized carbons (Fsp3) is 0.500. The Labute approximate surface area is 167 Å². The van der Waals surface area contributed by atoms with E-state index < -0.39 is 6.43 Å². The van der Waals surface area contributed by atoms with Gasteiger partial charge in [0.05, 0.1) is 11.1 Å². The smallest absolute Gasteiger partial charge is 0.264 e. The van der Waals surface area contributed by atoms with Crippen LogP contribution in [0.1, 0.15) is 61.2 Å². The van der Waals surface area contributed by atoms with E-state index in [4.69, 9.17) is 0 Å². The SMILES string of the molecule is CCCn1nc(NC(=O)Cn2nc(C)c3c(C(F)F)cc(C4CC4)nc32)cc1C. The molecule has 1 fully saturated rings. The minimum atomic E-state index is -2.62. The molecule has 1 amide bonds. The molecule has 1 aliphatic carbocycles. The van der Waals surface area contributed by atoms with E-state index in [1.54, 1.807) is 13.0 Å². The zero-order valence-electron chi connectivity index (χ0n) is 16.7. The van der Waals surface area contributed by atoms with E-state index in [1.165, 1.54) is 10.7 Å². The number of amides is 1. The van der Waals surface area contributed by atoms with Crippen molar-refractivity contribution in [2.24, 2.45) is 0 Å². The van der Waals surface area contributed by atoms with Gasteiger partial charge in [-0.15, -0.1) is 0 Å². The molecule has 29 heavy (non-hydrogen) atoms. The normalized spacial score (nSPS) is 14.1. The number of fused-ring (bicyclic) bond motifs is 1. The fourth-order valence-electron chi connectivity index (χ4n) is 3.61. The first-order valence-electron chi connectivity index (χ1n) is 9.87. The van der Waals surface area contributed by atoms with Crippen LogP contribution in [-0.2, 0) is 17.9 Å². The van der Waals surface area contributed by atoms with E-state index in [2.05, 4.69) is 27.4 Å². The molecule has 0 spiro atoms. The first-order chi connectivity index (χ1) is 13.9. The van der Waals surface area contributed by atoms with Crippen molar-refractivity contribution in [2.45, 2.75) is 65.5 Å². The van der Waals surface area contributed by atoms with Crippen LogP contribution in [0.5, 0.6) is 0 Å². The van der Waals surface area contributed by atoms with Crippen LogP contribution >= 0.6 is 0 Å². The molecule has 3 aromatic rings. The first kappa shape index (κ1) is 19.5. The maximum absolute atomic E-state index is 13.6. The van der Waals surface area contributed by atoms with Gasteiger partial charge in [0.2, 0.25) is 5.91 Å². The topological polar surface area (TPSA) is 77.6 Å². The number of carbonyl (C=O) groups excluding carboxylic acids is 1. The Morgan fingerprint density at radius 1 is 1.24 bits per heavy atom. The van der Waals surface area contributed by atoms with Crippen molar-refractivity contribution in [1.82, 2.24) is 24.5 Å². The molecule has 4 rings (SSSR count). The third-order valence-electron chi connectivity index (χ3n) is 5.14. The summed E-state index contributed by atoms with van der Waals surface area (Å²) in [6.07, 6.45) is 0.229. The van der Waals surface area contributed by atoms with Gasteiger partial charge in [0, 0.05) is 35.5 Å². The summed E-state index contributed by atoms with van der Waals surface area (Å²) in [5, 5.41) is 11.8. The molecule has 3 heterocycles. The molecule has 1 saturated carbocycles. The number of halogens is 2. The number of anilines is 1. The molecule has 1 aliphatic rings. The summed E-state index contributed by atoms with van der Waals surface area (Å²) in [6, 6.07) is 3.30. The van der Waals surface area contributed by atoms with E-state index in [1.807, 2.05) is 11.6 Å². The Kier molecular flexibility index (Phi) is 5.06. The van der Waals surface area contributed by atoms with Gasteiger partial charge in [-0.1, -0.05) is 6.92 Å². The molecule has 1 N–H and O–H groups in total. The van der Waals surface area contributed by atoms with E-state index in [0.717, 1.165) is 31.5 Å². The molecule has 3 aromatic heterocycles. The Bertz CT molecular complexity index is 1070. The van der Waals surface area contributed by atoms with E-state index in [9.17, 15) is 13.6 Å². The highest BCUT2D eigenvalue weighted by Gasteiger charge is 2.29. The summed E-state index contributed by atoms with van der Waals surface area (Å²) < 4.78 is 30.5. The number of pyridine rings is 1. The molecule has 0 atom stereocenters. The largest absolute Gasteiger partial charge is 0.308 e. The monoisotopic (exact) mass is 402 g/mol. The summed E-state index contributed by atoms with van der Waals surface area (Å²) in [5.41, 5.74) is 2.34. The summed E-state index contributed by atoms with van der Waals surface area (Å²) in [7, 11) is 0. The predicted octanol–water partition coefficient (Wildman–Crippen LogP) is 4.11. The Morgan fingerprint density at radius 2 is 2.00 bits per heavy atom. The van der Waals surface area contributed by atoms with Crippen LogP contribution in [0.3, 0.4) is 0 Å². The quantitative estimate of drug-likeness (QED) is 0.645. The Balaban J connectivity index is 1.62. The fourth-order valence-corrected chi connectivity index (χ4v) is 3.61. The predicted molar refractivity (Wildman–Crippen MR) is 105 cm³/mol. The third-order valence-corrected chi connectivity index (χ3v) is 5.14. The number of hydrogen-bond donors (Lipinski definition) is 1. The van der Waals surface area contributed by atoms with Crippen molar-refractivity contribution in [2.75, 3.05) is 5.32 Å². The van der Waals surface area contributed by atoms with Crippen molar-refractivity contribution in [3.05, 3.63) is 34.8 Å². The number of rotatable bonds is 7. The Morgan fingerprint density at radius 3 is 2.66 bits per heavy atom. The van der Waals surface area contributed by atoms with Gasteiger partial charge in [-0.25, -0.2) is 18.4 Å². The highest BCUT2D eigenvalue weighted by molar-refractivity contribution is 5.91. The highest BCUT2D eigenvalue weighted by atomic mass is 19.3. The molecule has 0 bridgehead atoms. The van der Waals surface area contributed by atoms with Crippen LogP contribution in [0, 0.1) is 13.8 Å². The zero-order chi connectivity index (χ0) is 20.7. The molecule has 0 aliphatic heterocycles. The summed E-state index contributed by atoms with van der Waals surface area (Å²) >= 11 is 0. The molecule has 154 valence electrons. The summed E-state index contributed by atoms with van der Waals surface area (Å²) in [5.74, 6) is 0.363. The van der Waals surface area contributed by atoms with Crippen LogP contribution in [0.25, 0.3) is 11.0 Å². The van der Waals surface area contributed by atoms with Crippen molar-refractivity contribution < 1.29 is 13.6 Å². The first-order valence-corrected chi connectivity index (χ1v) is 9.87. The molecular weight excluding hydrogens is 378 g/mol. The van der Waals surface area contributed by atoms with Gasteiger partial charge in [0.25, 0.3) is 6.43 Å². The number of aryl methyl sites for hydroxylation is 3. The van der Waals surface area contributed by atoms with E-state index >= 15 is 0 Å². The average Bonchev–Trinajstić information content (AvgIpc) is 3.39. The number of nitrogens with zero attached hydrogens (tertiary/aromatic N) is 5. The van der Waals surface area contributed by atoms with Crippen LogP contribution in [0.15, 0.2) is 12.1 Å². The lowest BCUT2D eigenvalue weighted by molar-refractivity contribution is -0.116. The number of alkyl halides is 2. The second-order valence-electron chi connectivity index (χ2n) is 7.60. The highest BCUT2D eigenvalue weighted by Crippen LogP contribution is 2.41. The number of carbonyl (C=O) groups is 1. The molecule has 0 radical (unpaired) electrons. The van der Waals surface area contributed by atoms with Crippen molar-refractivity contribution in [3.63, 3.8) is 0 Å². The minimum Gasteiger partial charge on any atom is -0.308 e. The van der Waals surface area contributed by atoms with Gasteiger partial charge < -0.3 is 5.32 Å². The maximum Gasteiger partial charge on any atom is 0.264 e. The lowest BCUT2D eigenvalue weighted by Crippen LogP contribution is -2.20. The second-order valence-corrected chi connectivity index (χ2v) is 7.60.